The second kappa shape index (κ2) is 6.33. The van der Waals surface area contributed by atoms with Crippen LogP contribution in [0.3, 0.4) is 0 Å². The molecule has 100 valence electrons. The molecule has 0 saturated carbocycles. The van der Waals surface area contributed by atoms with Crippen molar-refractivity contribution in [2.45, 2.75) is 45.4 Å². The first-order chi connectivity index (χ1) is 8.67. The molecule has 18 heavy (non-hydrogen) atoms. The fraction of sp³-hybridized carbons (Fsp3) is 0.571. The van der Waals surface area contributed by atoms with Crippen molar-refractivity contribution in [3.63, 3.8) is 0 Å². The molecule has 3 atom stereocenters. The molecular formula is C14H21NO2Po. The zero-order valence-corrected chi connectivity index (χ0v) is 14.6. The van der Waals surface area contributed by atoms with E-state index in [0.717, 1.165) is 5.75 Å². The molecule has 0 aliphatic carbocycles. The Labute approximate surface area is 122 Å². The summed E-state index contributed by atoms with van der Waals surface area (Å²) in [7, 11) is 1.73. The van der Waals surface area contributed by atoms with Gasteiger partial charge in [-0.2, -0.15) is 0 Å². The Kier molecular flexibility index (Phi) is 5.01. The van der Waals surface area contributed by atoms with Gasteiger partial charge in [-0.15, -0.1) is 0 Å². The third-order valence-electron chi connectivity index (χ3n) is 3.36. The van der Waals surface area contributed by atoms with Crippen molar-refractivity contribution >= 4 is 27.2 Å². The molecule has 1 fully saturated rings. The van der Waals surface area contributed by atoms with E-state index in [1.54, 1.807) is 7.11 Å². The first kappa shape index (κ1) is 14.2. The fourth-order valence-electron chi connectivity index (χ4n) is 2.10. The molecule has 1 aliphatic heterocycles. The first-order valence-corrected chi connectivity index (χ1v) is 9.28. The monoisotopic (exact) mass is 444 g/mol. The Balaban J connectivity index is 1.94. The maximum absolute atomic E-state index is 6.13. The number of hydrogen-bond acceptors (Lipinski definition) is 3. The molecule has 1 saturated heterocycles. The van der Waals surface area contributed by atoms with Crippen molar-refractivity contribution in [2.24, 2.45) is 0 Å². The van der Waals surface area contributed by atoms with E-state index in [9.17, 15) is 0 Å². The van der Waals surface area contributed by atoms with Crippen molar-refractivity contribution in [1.82, 2.24) is 5.32 Å². The van der Waals surface area contributed by atoms with Gasteiger partial charge >= 0.3 is 122 Å². The standard InChI is InChI=1S/C8H9O.C6H12NO.Po/c1-7-4-3-5-8(6-7)9-2;1-3-5-6(7-5)4(2)8;/h3-5H,1-2H3;4-7H,3H2,1-2H3;/q;-1;+1. The van der Waals surface area contributed by atoms with Crippen LogP contribution in [-0.2, 0) is 2.77 Å². The zero-order valence-electron chi connectivity index (χ0n) is 11.4. The molecule has 3 unspecified atom stereocenters. The fourth-order valence-corrected chi connectivity index (χ4v) is 5.22. The molecular weight excluding hydrogens is 423 g/mol. The van der Waals surface area contributed by atoms with E-state index in [-0.39, 0.29) is 0 Å². The first-order valence-electron chi connectivity index (χ1n) is 6.40. The van der Waals surface area contributed by atoms with Crippen LogP contribution in [0.4, 0.5) is 0 Å². The van der Waals surface area contributed by atoms with Crippen molar-refractivity contribution in [2.75, 3.05) is 7.11 Å². The zero-order chi connectivity index (χ0) is 13.1. The predicted molar refractivity (Wildman–Crippen MR) is 74.7 cm³/mol. The molecule has 0 radical (unpaired) electrons. The number of hydrogen-bond donors (Lipinski definition) is 1. The summed E-state index contributed by atoms with van der Waals surface area (Å²) in [4.78, 5) is 0. The van der Waals surface area contributed by atoms with Gasteiger partial charge in [-0.05, 0) is 0 Å². The number of rotatable bonds is 6. The molecule has 1 heterocycles. The minimum absolute atomic E-state index is 0.323. The van der Waals surface area contributed by atoms with Crippen molar-refractivity contribution in [3.05, 3.63) is 23.8 Å². The SMILES string of the molecule is CCC1NC1C(C)[O][Po][c]1c(C)cccc1OC. The maximum atomic E-state index is 6.13. The van der Waals surface area contributed by atoms with Gasteiger partial charge in [0.1, 0.15) is 0 Å². The predicted octanol–water partition coefficient (Wildman–Crippen LogP) is 1.40. The normalized spacial score (nSPS) is 23.8. The van der Waals surface area contributed by atoms with Gasteiger partial charge < -0.3 is 0 Å². The van der Waals surface area contributed by atoms with Crippen LogP contribution < -0.4 is 13.3 Å². The molecule has 0 bridgehead atoms. The second-order valence-electron chi connectivity index (χ2n) is 4.70. The summed E-state index contributed by atoms with van der Waals surface area (Å²) in [6, 6.07) is 7.43. The van der Waals surface area contributed by atoms with Crippen molar-refractivity contribution in [3.8, 4) is 5.75 Å². The van der Waals surface area contributed by atoms with E-state index in [4.69, 9.17) is 7.51 Å². The molecule has 1 aromatic rings. The molecule has 0 spiro atoms. The molecule has 4 heteroatoms. The Morgan fingerprint density at radius 2 is 2.22 bits per heavy atom. The summed E-state index contributed by atoms with van der Waals surface area (Å²) < 4.78 is 12.9. The Morgan fingerprint density at radius 3 is 2.83 bits per heavy atom. The average molecular weight is 444 g/mol. The van der Waals surface area contributed by atoms with Gasteiger partial charge in [0, 0.05) is 0 Å². The average Bonchev–Trinajstić information content (AvgIpc) is 3.16. The summed E-state index contributed by atoms with van der Waals surface area (Å²) >= 11 is -0.994. The van der Waals surface area contributed by atoms with E-state index < -0.39 is 24.0 Å². The van der Waals surface area contributed by atoms with E-state index in [0.29, 0.717) is 18.2 Å². The summed E-state index contributed by atoms with van der Waals surface area (Å²) in [6.07, 6.45) is 1.51. The van der Waals surface area contributed by atoms with Crippen LogP contribution >= 0.6 is 0 Å². The van der Waals surface area contributed by atoms with E-state index >= 15 is 0 Å². The van der Waals surface area contributed by atoms with Gasteiger partial charge in [0.15, 0.2) is 0 Å². The molecule has 1 aliphatic rings. The third-order valence-corrected chi connectivity index (χ3v) is 7.59. The van der Waals surface area contributed by atoms with Crippen LogP contribution in [0.15, 0.2) is 18.2 Å². The van der Waals surface area contributed by atoms with Gasteiger partial charge in [-0.1, -0.05) is 0 Å². The van der Waals surface area contributed by atoms with Gasteiger partial charge in [-0.3, -0.25) is 0 Å². The summed E-state index contributed by atoms with van der Waals surface area (Å²) in [5, 5.41) is 3.47. The number of methoxy groups -OCH3 is 1. The number of nitrogens with one attached hydrogen (secondary N) is 1. The Hall–Kier alpha value is -0.164. The van der Waals surface area contributed by atoms with Crippen LogP contribution in [0.1, 0.15) is 25.8 Å². The van der Waals surface area contributed by atoms with E-state index in [1.165, 1.54) is 15.2 Å². The molecule has 1 N–H and O–H groups in total. The van der Waals surface area contributed by atoms with Crippen LogP contribution in [0.25, 0.3) is 0 Å². The molecule has 2 rings (SSSR count). The molecule has 0 amide bonds. The van der Waals surface area contributed by atoms with Crippen molar-refractivity contribution < 1.29 is 7.51 Å². The van der Waals surface area contributed by atoms with E-state index in [1.807, 2.05) is 12.1 Å². The van der Waals surface area contributed by atoms with Crippen LogP contribution in [0.5, 0.6) is 5.75 Å². The minimum atomic E-state index is -0.994. The number of benzene rings is 1. The number of aryl methyl sites for hydroxylation is 1. The summed E-state index contributed by atoms with van der Waals surface area (Å²) in [6.45, 7) is 6.53. The Morgan fingerprint density at radius 1 is 1.44 bits per heavy atom. The summed E-state index contributed by atoms with van der Waals surface area (Å²) in [5.74, 6) is 0.989. The second-order valence-corrected chi connectivity index (χ2v) is 7.68. The Bertz CT molecular complexity index is 411. The quantitative estimate of drug-likeness (QED) is 0.675. The molecule has 1 aromatic carbocycles. The topological polar surface area (TPSA) is 40.4 Å². The summed E-state index contributed by atoms with van der Waals surface area (Å²) in [5.41, 5.74) is 1.29. The van der Waals surface area contributed by atoms with Gasteiger partial charge in [0.05, 0.1) is 0 Å². The molecule has 0 aromatic heterocycles. The molecule has 3 nitrogen and oxygen atoms in total. The van der Waals surface area contributed by atoms with Crippen molar-refractivity contribution in [1.29, 1.82) is 0 Å². The van der Waals surface area contributed by atoms with Crippen LogP contribution in [0, 0.1) is 6.92 Å². The number of ether oxygens (including phenoxy) is 1. The van der Waals surface area contributed by atoms with Gasteiger partial charge in [0.2, 0.25) is 0 Å². The third kappa shape index (κ3) is 3.23. The van der Waals surface area contributed by atoms with E-state index in [2.05, 4.69) is 32.2 Å². The van der Waals surface area contributed by atoms with Crippen LogP contribution in [-0.4, -0.2) is 49.3 Å². The van der Waals surface area contributed by atoms with Crippen LogP contribution in [0.2, 0.25) is 0 Å². The van der Waals surface area contributed by atoms with Gasteiger partial charge in [0.25, 0.3) is 0 Å². The van der Waals surface area contributed by atoms with Gasteiger partial charge in [-0.25, -0.2) is 0 Å².